The Bertz CT molecular complexity index is 2320. The number of halogens is 3. The van der Waals surface area contributed by atoms with Crippen molar-refractivity contribution < 1.29 is 42.6 Å². The van der Waals surface area contributed by atoms with Gasteiger partial charge in [-0.2, -0.15) is 13.2 Å². The maximum absolute atomic E-state index is 12.8. The van der Waals surface area contributed by atoms with E-state index in [1.165, 1.54) is 12.3 Å². The summed E-state index contributed by atoms with van der Waals surface area (Å²) in [6.07, 6.45) is 5.31. The lowest BCUT2D eigenvalue weighted by Gasteiger charge is -2.46. The minimum atomic E-state index is -4.54. The fourth-order valence-electron chi connectivity index (χ4n) is 9.47. The summed E-state index contributed by atoms with van der Waals surface area (Å²) in [5.74, 6) is -0.297. The van der Waals surface area contributed by atoms with E-state index in [1.54, 1.807) is 24.3 Å². The Morgan fingerprint density at radius 2 is 1.20 bits per heavy atom. The molecule has 2 aromatic carbocycles. The number of hydrogen-bond acceptors (Lipinski definition) is 10. The van der Waals surface area contributed by atoms with Crippen molar-refractivity contribution in [3.05, 3.63) is 118 Å². The summed E-state index contributed by atoms with van der Waals surface area (Å²) < 4.78 is 38.4. The molecule has 2 saturated heterocycles. The van der Waals surface area contributed by atoms with E-state index >= 15 is 0 Å². The molecule has 0 radical (unpaired) electrons. The van der Waals surface area contributed by atoms with Gasteiger partial charge < -0.3 is 31.5 Å². The van der Waals surface area contributed by atoms with E-state index < -0.39 is 17.6 Å². The van der Waals surface area contributed by atoms with Crippen LogP contribution in [0.3, 0.4) is 0 Å². The first-order chi connectivity index (χ1) is 31.6. The van der Waals surface area contributed by atoms with Crippen LogP contribution in [0.15, 0.2) is 79.0 Å². The zero-order chi connectivity index (χ0) is 47.0. The number of alkyl halides is 3. The molecule has 14 nitrogen and oxygen atoms in total. The van der Waals surface area contributed by atoms with Gasteiger partial charge in [-0.25, -0.2) is 0 Å². The lowest BCUT2D eigenvalue weighted by Crippen LogP contribution is -2.63. The van der Waals surface area contributed by atoms with Gasteiger partial charge in [0.2, 0.25) is 11.8 Å². The SMILES string of the molecule is Cc1ccc(O)c(C2CCC(N3CC(NC(=O)CNC(=O)c4cccc(C(F)(F)F)c4)C3)CC2)n1.Cc1cccc(C(=O)NCC(=O)NC2CN(C3CCC(c4ccc(O)cn4)CC3)C2)c1. The second-order valence-corrected chi connectivity index (χ2v) is 18.1. The normalized spacial score (nSPS) is 21.5. The first-order valence-corrected chi connectivity index (χ1v) is 22.8. The number of hydrogen-bond donors (Lipinski definition) is 6. The molecular weight excluding hydrogens is 854 g/mol. The van der Waals surface area contributed by atoms with Crippen LogP contribution < -0.4 is 21.3 Å². The summed E-state index contributed by atoms with van der Waals surface area (Å²) in [6, 6.07) is 19.7. The molecule has 0 spiro atoms. The highest BCUT2D eigenvalue weighted by atomic mass is 19.4. The third-order valence-corrected chi connectivity index (χ3v) is 13.1. The van der Waals surface area contributed by atoms with Crippen molar-refractivity contribution in [1.29, 1.82) is 0 Å². The highest BCUT2D eigenvalue weighted by molar-refractivity contribution is 5.97. The largest absolute Gasteiger partial charge is 0.506 e. The summed E-state index contributed by atoms with van der Waals surface area (Å²) >= 11 is 0. The number of rotatable bonds is 12. The van der Waals surface area contributed by atoms with Crippen LogP contribution in [0.5, 0.6) is 11.5 Å². The second-order valence-electron chi connectivity index (χ2n) is 18.1. The van der Waals surface area contributed by atoms with E-state index in [0.717, 1.165) is 118 Å². The van der Waals surface area contributed by atoms with Gasteiger partial charge >= 0.3 is 6.18 Å². The topological polar surface area (TPSA) is 189 Å². The Balaban J connectivity index is 0.000000198. The average molecular weight is 913 g/mol. The molecule has 8 rings (SSSR count). The molecule has 4 amide bonds. The Labute approximate surface area is 382 Å². The van der Waals surface area contributed by atoms with Gasteiger partial charge in [0.25, 0.3) is 11.8 Å². The summed E-state index contributed by atoms with van der Waals surface area (Å²) in [7, 11) is 0. The standard InChI is InChI=1S/C25H29F3N4O3.C24H30N4O3/c1-15-5-10-21(33)23(30-15)16-6-8-20(9-7-16)32-13-19(14-32)31-22(34)12-29-24(35)17-3-2-4-18(11-17)25(26,27)28;1-16-3-2-4-18(11-16)24(31)26-13-23(30)27-19-14-28(15-19)20-7-5-17(6-8-20)22-10-9-21(29)12-25-22/h2-5,10-11,16,19-20,33H,6-9,12-14H2,1H3,(H,29,35)(H,31,34);2-4,9-12,17,19-20,29H,5-8,13-15H2,1H3,(H,26,31)(H,27,30). The lowest BCUT2D eigenvalue weighted by molar-refractivity contribution is -0.137. The molecule has 2 aliphatic heterocycles. The van der Waals surface area contributed by atoms with Crippen molar-refractivity contribution >= 4 is 23.6 Å². The molecule has 0 atom stereocenters. The number of carbonyl (C=O) groups excluding carboxylic acids is 4. The van der Waals surface area contributed by atoms with E-state index in [-0.39, 0.29) is 65.9 Å². The molecular formula is C49H59F3N8O6. The predicted molar refractivity (Wildman–Crippen MR) is 241 cm³/mol. The quantitative estimate of drug-likeness (QED) is 0.103. The van der Waals surface area contributed by atoms with Crippen LogP contribution in [-0.4, -0.2) is 117 Å². The van der Waals surface area contributed by atoms with E-state index in [0.29, 0.717) is 23.6 Å². The molecule has 0 unspecified atom stereocenters. The van der Waals surface area contributed by atoms with Crippen LogP contribution in [0, 0.1) is 13.8 Å². The van der Waals surface area contributed by atoms with Gasteiger partial charge in [-0.05, 0) is 120 Å². The van der Waals surface area contributed by atoms with Gasteiger partial charge in [-0.15, -0.1) is 0 Å². The minimum absolute atomic E-state index is 0.00594. The highest BCUT2D eigenvalue weighted by Crippen LogP contribution is 2.39. The van der Waals surface area contributed by atoms with Crippen LogP contribution in [0.2, 0.25) is 0 Å². The van der Waals surface area contributed by atoms with Crippen molar-refractivity contribution in [2.75, 3.05) is 39.3 Å². The molecule has 2 aromatic heterocycles. The Morgan fingerprint density at radius 1 is 0.667 bits per heavy atom. The first kappa shape index (κ1) is 47.9. The summed E-state index contributed by atoms with van der Waals surface area (Å²) in [5, 5.41) is 30.5. The van der Waals surface area contributed by atoms with E-state index in [2.05, 4.69) is 41.0 Å². The van der Waals surface area contributed by atoms with E-state index in [1.807, 2.05) is 38.1 Å². The second kappa shape index (κ2) is 21.5. The molecule has 6 N–H and O–H groups in total. The monoisotopic (exact) mass is 912 g/mol. The molecule has 4 fully saturated rings. The van der Waals surface area contributed by atoms with Gasteiger partial charge in [0.15, 0.2) is 0 Å². The first-order valence-electron chi connectivity index (χ1n) is 22.8. The molecule has 4 aliphatic rings. The average Bonchev–Trinajstić information content (AvgIpc) is 3.28. The third kappa shape index (κ3) is 12.8. The fraction of sp³-hybridized carbons (Fsp3) is 0.469. The van der Waals surface area contributed by atoms with Crippen molar-refractivity contribution in [3.8, 4) is 11.5 Å². The van der Waals surface area contributed by atoms with Gasteiger partial charge in [0.1, 0.15) is 11.5 Å². The zero-order valence-corrected chi connectivity index (χ0v) is 37.3. The maximum Gasteiger partial charge on any atom is 0.416 e. The number of nitrogens with zero attached hydrogens (tertiary/aromatic N) is 4. The predicted octanol–water partition coefficient (Wildman–Crippen LogP) is 5.72. The van der Waals surface area contributed by atoms with E-state index in [4.69, 9.17) is 0 Å². The number of aryl methyl sites for hydroxylation is 2. The number of nitrogens with one attached hydrogen (secondary N) is 4. The molecule has 2 aliphatic carbocycles. The number of pyridine rings is 2. The summed E-state index contributed by atoms with van der Waals surface area (Å²) in [4.78, 5) is 62.3. The zero-order valence-electron chi connectivity index (χ0n) is 37.3. The van der Waals surface area contributed by atoms with Gasteiger partial charge in [0.05, 0.1) is 42.6 Å². The Kier molecular flexibility index (Phi) is 15.6. The van der Waals surface area contributed by atoms with Crippen LogP contribution >= 0.6 is 0 Å². The number of carbonyl (C=O) groups is 4. The minimum Gasteiger partial charge on any atom is -0.506 e. The van der Waals surface area contributed by atoms with Crippen LogP contribution in [0.4, 0.5) is 13.2 Å². The third-order valence-electron chi connectivity index (χ3n) is 13.1. The molecule has 0 bridgehead atoms. The van der Waals surface area contributed by atoms with Gasteiger partial charge in [-0.1, -0.05) is 23.8 Å². The van der Waals surface area contributed by atoms with Crippen molar-refractivity contribution in [2.24, 2.45) is 0 Å². The number of aromatic nitrogens is 2. The molecule has 66 heavy (non-hydrogen) atoms. The number of aromatic hydroxyl groups is 2. The maximum atomic E-state index is 12.8. The summed E-state index contributed by atoms with van der Waals surface area (Å²) in [5.41, 5.74) is 3.27. The van der Waals surface area contributed by atoms with Crippen molar-refractivity contribution in [2.45, 2.75) is 107 Å². The lowest BCUT2D eigenvalue weighted by atomic mass is 9.82. The molecule has 352 valence electrons. The molecule has 4 heterocycles. The van der Waals surface area contributed by atoms with Crippen LogP contribution in [0.25, 0.3) is 0 Å². The van der Waals surface area contributed by atoms with Crippen molar-refractivity contribution in [1.82, 2.24) is 41.0 Å². The molecule has 2 saturated carbocycles. The number of benzene rings is 2. The molecule has 4 aromatic rings. The molecule has 17 heteroatoms. The summed E-state index contributed by atoms with van der Waals surface area (Å²) in [6.45, 7) is 6.71. The van der Waals surface area contributed by atoms with Gasteiger partial charge in [-0.3, -0.25) is 38.9 Å². The van der Waals surface area contributed by atoms with Crippen LogP contribution in [0.1, 0.15) is 112 Å². The van der Waals surface area contributed by atoms with Gasteiger partial charge in [0, 0.05) is 72.6 Å². The van der Waals surface area contributed by atoms with E-state index in [9.17, 15) is 42.6 Å². The fourth-order valence-corrected chi connectivity index (χ4v) is 9.47. The van der Waals surface area contributed by atoms with Crippen LogP contribution in [-0.2, 0) is 15.8 Å². The highest BCUT2D eigenvalue weighted by Gasteiger charge is 2.38. The number of amides is 4. The Morgan fingerprint density at radius 3 is 1.71 bits per heavy atom. The van der Waals surface area contributed by atoms with Crippen molar-refractivity contribution in [3.63, 3.8) is 0 Å². The number of likely N-dealkylation sites (tertiary alicyclic amines) is 2. The smallest absolute Gasteiger partial charge is 0.416 e. The Hall–Kier alpha value is -6.07.